The molecular formula is C16H19N3O2. The Kier molecular flexibility index (Phi) is 3.07. The van der Waals surface area contributed by atoms with E-state index in [4.69, 9.17) is 14.6 Å². The lowest BCUT2D eigenvalue weighted by atomic mass is 10.1. The molecule has 1 fully saturated rings. The van der Waals surface area contributed by atoms with E-state index in [1.165, 1.54) is 5.56 Å². The Morgan fingerprint density at radius 3 is 3.10 bits per heavy atom. The van der Waals surface area contributed by atoms with Crippen molar-refractivity contribution in [2.24, 2.45) is 0 Å². The number of fused-ring (bicyclic) bond motifs is 1. The molecule has 0 spiro atoms. The van der Waals surface area contributed by atoms with E-state index in [1.54, 1.807) is 7.11 Å². The number of anilines is 1. The third-order valence-corrected chi connectivity index (χ3v) is 4.23. The Morgan fingerprint density at radius 1 is 1.38 bits per heavy atom. The smallest absolute Gasteiger partial charge is 0.144 e. The van der Waals surface area contributed by atoms with Crippen LogP contribution in [0.1, 0.15) is 30.2 Å². The van der Waals surface area contributed by atoms with E-state index in [2.05, 4.69) is 5.32 Å². The van der Waals surface area contributed by atoms with Gasteiger partial charge in [0.25, 0.3) is 0 Å². The van der Waals surface area contributed by atoms with E-state index in [0.29, 0.717) is 0 Å². The molecule has 1 N–H and O–H groups in total. The van der Waals surface area contributed by atoms with Gasteiger partial charge in [-0.2, -0.15) is 5.10 Å². The fourth-order valence-electron chi connectivity index (χ4n) is 3.23. The number of nitrogens with one attached hydrogen (secondary N) is 1. The summed E-state index contributed by atoms with van der Waals surface area (Å²) < 4.78 is 13.3. The largest absolute Gasteiger partial charge is 0.494 e. The molecule has 5 heteroatoms. The van der Waals surface area contributed by atoms with Crippen molar-refractivity contribution in [3.63, 3.8) is 0 Å². The minimum atomic E-state index is 0.148. The van der Waals surface area contributed by atoms with E-state index in [9.17, 15) is 0 Å². The number of hydrogen-bond acceptors (Lipinski definition) is 4. The first-order valence-corrected chi connectivity index (χ1v) is 7.49. The van der Waals surface area contributed by atoms with Gasteiger partial charge in [-0.3, -0.25) is 0 Å². The minimum Gasteiger partial charge on any atom is -0.494 e. The van der Waals surface area contributed by atoms with Gasteiger partial charge in [0.1, 0.15) is 23.4 Å². The van der Waals surface area contributed by atoms with Crippen LogP contribution < -0.4 is 10.1 Å². The molecule has 2 aliphatic heterocycles. The zero-order chi connectivity index (χ0) is 14.2. The second-order valence-corrected chi connectivity index (χ2v) is 5.47. The average Bonchev–Trinajstić information content (AvgIpc) is 3.24. The molecule has 5 nitrogen and oxygen atoms in total. The number of ether oxygens (including phenoxy) is 2. The van der Waals surface area contributed by atoms with Crippen LogP contribution in [0.3, 0.4) is 0 Å². The molecule has 21 heavy (non-hydrogen) atoms. The van der Waals surface area contributed by atoms with Crippen LogP contribution in [0.25, 0.3) is 5.69 Å². The summed E-state index contributed by atoms with van der Waals surface area (Å²) in [4.78, 5) is 0. The molecule has 0 bridgehead atoms. The Bertz CT molecular complexity index is 660. The van der Waals surface area contributed by atoms with Crippen LogP contribution in [0, 0.1) is 0 Å². The minimum absolute atomic E-state index is 0.148. The molecule has 1 atom stereocenters. The van der Waals surface area contributed by atoms with Crippen LogP contribution in [0.2, 0.25) is 0 Å². The highest BCUT2D eigenvalue weighted by Gasteiger charge is 2.30. The van der Waals surface area contributed by atoms with Crippen LogP contribution in [0.15, 0.2) is 24.3 Å². The molecular weight excluding hydrogens is 266 g/mol. The number of rotatable bonds is 3. The number of aromatic nitrogens is 2. The third kappa shape index (κ3) is 2.00. The summed E-state index contributed by atoms with van der Waals surface area (Å²) in [5, 5.41) is 8.29. The highest BCUT2D eigenvalue weighted by atomic mass is 16.5. The van der Waals surface area contributed by atoms with Crippen LogP contribution in [0.5, 0.6) is 5.75 Å². The fourth-order valence-corrected chi connectivity index (χ4v) is 3.23. The second kappa shape index (κ2) is 5.07. The van der Waals surface area contributed by atoms with E-state index in [1.807, 2.05) is 28.9 Å². The predicted octanol–water partition coefficient (Wildman–Crippen LogP) is 2.70. The number of para-hydroxylation sites is 2. The second-order valence-electron chi connectivity index (χ2n) is 5.47. The maximum Gasteiger partial charge on any atom is 0.144 e. The SMILES string of the molecule is COc1ccccc1-n1nc(C2CCCO2)c2c1NCC2. The van der Waals surface area contributed by atoms with Crippen LogP contribution in [-0.2, 0) is 11.2 Å². The molecule has 1 aromatic heterocycles. The fraction of sp³-hybridized carbons (Fsp3) is 0.438. The van der Waals surface area contributed by atoms with Gasteiger partial charge in [0.05, 0.1) is 12.8 Å². The number of nitrogens with zero attached hydrogens (tertiary/aromatic N) is 2. The summed E-state index contributed by atoms with van der Waals surface area (Å²) in [6.07, 6.45) is 3.35. The van der Waals surface area contributed by atoms with Crippen molar-refractivity contribution in [1.82, 2.24) is 9.78 Å². The van der Waals surface area contributed by atoms with Gasteiger partial charge >= 0.3 is 0 Å². The lowest BCUT2D eigenvalue weighted by Crippen LogP contribution is -2.07. The van der Waals surface area contributed by atoms with Gasteiger partial charge in [0.15, 0.2) is 0 Å². The zero-order valence-corrected chi connectivity index (χ0v) is 12.1. The molecule has 1 unspecified atom stereocenters. The normalized spacial score (nSPS) is 20.3. The van der Waals surface area contributed by atoms with Crippen LogP contribution in [-0.4, -0.2) is 30.0 Å². The molecule has 1 saturated heterocycles. The van der Waals surface area contributed by atoms with Crippen molar-refractivity contribution in [2.45, 2.75) is 25.4 Å². The highest BCUT2D eigenvalue weighted by molar-refractivity contribution is 5.60. The topological polar surface area (TPSA) is 48.3 Å². The predicted molar refractivity (Wildman–Crippen MR) is 80.2 cm³/mol. The van der Waals surface area contributed by atoms with E-state index >= 15 is 0 Å². The summed E-state index contributed by atoms with van der Waals surface area (Å²) in [5.41, 5.74) is 3.36. The summed E-state index contributed by atoms with van der Waals surface area (Å²) in [5.74, 6) is 1.92. The van der Waals surface area contributed by atoms with Crippen molar-refractivity contribution < 1.29 is 9.47 Å². The Hall–Kier alpha value is -2.01. The lowest BCUT2D eigenvalue weighted by Gasteiger charge is -2.11. The molecule has 0 amide bonds. The van der Waals surface area contributed by atoms with Gasteiger partial charge < -0.3 is 14.8 Å². The van der Waals surface area contributed by atoms with Gasteiger partial charge in [0.2, 0.25) is 0 Å². The van der Waals surface area contributed by atoms with Gasteiger partial charge in [0, 0.05) is 18.7 Å². The first-order chi connectivity index (χ1) is 10.4. The van der Waals surface area contributed by atoms with E-state index in [-0.39, 0.29) is 6.10 Å². The van der Waals surface area contributed by atoms with Crippen LogP contribution in [0.4, 0.5) is 5.82 Å². The lowest BCUT2D eigenvalue weighted by molar-refractivity contribution is 0.107. The Morgan fingerprint density at radius 2 is 2.29 bits per heavy atom. The molecule has 1 aromatic carbocycles. The van der Waals surface area contributed by atoms with Crippen molar-refractivity contribution >= 4 is 5.82 Å². The van der Waals surface area contributed by atoms with E-state index < -0.39 is 0 Å². The average molecular weight is 285 g/mol. The number of methoxy groups -OCH3 is 1. The maximum atomic E-state index is 5.84. The molecule has 0 radical (unpaired) electrons. The molecule has 2 aliphatic rings. The monoisotopic (exact) mass is 285 g/mol. The third-order valence-electron chi connectivity index (χ3n) is 4.23. The molecule has 3 heterocycles. The zero-order valence-electron chi connectivity index (χ0n) is 12.1. The van der Waals surface area contributed by atoms with Crippen molar-refractivity contribution in [3.05, 3.63) is 35.5 Å². The van der Waals surface area contributed by atoms with Gasteiger partial charge in [-0.1, -0.05) is 12.1 Å². The molecule has 0 saturated carbocycles. The number of benzene rings is 1. The summed E-state index contributed by atoms with van der Waals surface area (Å²) in [6, 6.07) is 7.97. The quantitative estimate of drug-likeness (QED) is 0.942. The molecule has 4 rings (SSSR count). The van der Waals surface area contributed by atoms with Gasteiger partial charge in [-0.25, -0.2) is 4.68 Å². The maximum absolute atomic E-state index is 5.84. The molecule has 2 aromatic rings. The van der Waals surface area contributed by atoms with Gasteiger partial charge in [-0.05, 0) is 31.4 Å². The number of hydrogen-bond donors (Lipinski definition) is 1. The Balaban J connectivity index is 1.84. The summed E-state index contributed by atoms with van der Waals surface area (Å²) in [7, 11) is 1.69. The van der Waals surface area contributed by atoms with Crippen molar-refractivity contribution in [2.75, 3.05) is 25.6 Å². The highest BCUT2D eigenvalue weighted by Crippen LogP contribution is 2.38. The summed E-state index contributed by atoms with van der Waals surface area (Å²) >= 11 is 0. The molecule has 110 valence electrons. The van der Waals surface area contributed by atoms with Crippen LogP contribution >= 0.6 is 0 Å². The van der Waals surface area contributed by atoms with Crippen molar-refractivity contribution in [1.29, 1.82) is 0 Å². The Labute approximate surface area is 123 Å². The standard InChI is InChI=1S/C16H19N3O2/c1-20-13-6-3-2-5-12(13)19-16-11(8-9-17-16)15(18-19)14-7-4-10-21-14/h2-3,5-6,14,17H,4,7-10H2,1H3. The first-order valence-electron chi connectivity index (χ1n) is 7.49. The van der Waals surface area contributed by atoms with Gasteiger partial charge in [-0.15, -0.1) is 0 Å². The van der Waals surface area contributed by atoms with Crippen molar-refractivity contribution in [3.8, 4) is 11.4 Å². The first kappa shape index (κ1) is 12.7. The molecule has 0 aliphatic carbocycles. The van der Waals surface area contributed by atoms with E-state index in [0.717, 1.165) is 55.4 Å². The summed E-state index contributed by atoms with van der Waals surface area (Å²) in [6.45, 7) is 1.80.